The van der Waals surface area contributed by atoms with Crippen LogP contribution in [0, 0.1) is 6.92 Å². The number of hydrazone groups is 1. The smallest absolute Gasteiger partial charge is 0.271 e. The molecule has 0 saturated carbocycles. The first-order valence-corrected chi connectivity index (χ1v) is 8.22. The van der Waals surface area contributed by atoms with Crippen molar-refractivity contribution in [1.82, 2.24) is 5.43 Å². The Balaban J connectivity index is 1.96. The zero-order valence-corrected chi connectivity index (χ0v) is 14.8. The molecule has 4 nitrogen and oxygen atoms in total. The summed E-state index contributed by atoms with van der Waals surface area (Å²) in [6.07, 6.45) is 2.56. The Bertz CT molecular complexity index is 697. The monoisotopic (exact) mass is 374 g/mol. The molecule has 0 aliphatic carbocycles. The maximum absolute atomic E-state index is 11.9. The van der Waals surface area contributed by atoms with Crippen LogP contribution in [-0.4, -0.2) is 18.7 Å². The van der Waals surface area contributed by atoms with Crippen molar-refractivity contribution in [3.63, 3.8) is 0 Å². The van der Waals surface area contributed by atoms with Gasteiger partial charge in [-0.25, -0.2) is 5.43 Å². The first-order chi connectivity index (χ1) is 11.1. The fraction of sp³-hybridized carbons (Fsp3) is 0.222. The lowest BCUT2D eigenvalue weighted by molar-refractivity contribution is 0.0955. The number of ether oxygens (including phenoxy) is 1. The van der Waals surface area contributed by atoms with E-state index in [0.717, 1.165) is 27.8 Å². The summed E-state index contributed by atoms with van der Waals surface area (Å²) in [7, 11) is 0. The van der Waals surface area contributed by atoms with E-state index in [-0.39, 0.29) is 5.91 Å². The van der Waals surface area contributed by atoms with Gasteiger partial charge in [0.2, 0.25) is 0 Å². The average molecular weight is 375 g/mol. The van der Waals surface area contributed by atoms with Gasteiger partial charge in [0, 0.05) is 5.56 Å². The topological polar surface area (TPSA) is 50.7 Å². The van der Waals surface area contributed by atoms with Crippen LogP contribution in [0.3, 0.4) is 0 Å². The van der Waals surface area contributed by atoms with Gasteiger partial charge in [0.1, 0.15) is 5.75 Å². The van der Waals surface area contributed by atoms with Gasteiger partial charge in [-0.2, -0.15) is 5.10 Å². The summed E-state index contributed by atoms with van der Waals surface area (Å²) in [5.74, 6) is 0.566. The van der Waals surface area contributed by atoms with Crippen molar-refractivity contribution in [3.05, 3.63) is 63.6 Å². The highest BCUT2D eigenvalue weighted by atomic mass is 79.9. The SMILES string of the molecule is CCCOc1ccc(/C=N\NC(=O)c2ccc(C)cc2)cc1Br. The van der Waals surface area contributed by atoms with Crippen molar-refractivity contribution < 1.29 is 9.53 Å². The molecule has 0 aromatic heterocycles. The van der Waals surface area contributed by atoms with Crippen LogP contribution in [-0.2, 0) is 0 Å². The van der Waals surface area contributed by atoms with Gasteiger partial charge in [0.05, 0.1) is 17.3 Å². The molecule has 0 radical (unpaired) electrons. The van der Waals surface area contributed by atoms with Crippen molar-refractivity contribution in [2.45, 2.75) is 20.3 Å². The Morgan fingerprint density at radius 1 is 1.26 bits per heavy atom. The summed E-state index contributed by atoms with van der Waals surface area (Å²) in [5.41, 5.74) is 5.08. The van der Waals surface area contributed by atoms with E-state index >= 15 is 0 Å². The standard InChI is InChI=1S/C18H19BrN2O2/c1-3-10-23-17-9-6-14(11-16(17)19)12-20-21-18(22)15-7-4-13(2)5-8-15/h4-9,11-12H,3,10H2,1-2H3,(H,21,22)/b20-12-. The van der Waals surface area contributed by atoms with Crippen LogP contribution in [0.1, 0.15) is 34.8 Å². The number of benzene rings is 2. The van der Waals surface area contributed by atoms with Crippen molar-refractivity contribution >= 4 is 28.1 Å². The lowest BCUT2D eigenvalue weighted by Gasteiger charge is -2.07. The number of aryl methyl sites for hydroxylation is 1. The summed E-state index contributed by atoms with van der Waals surface area (Å²) in [6, 6.07) is 13.0. The van der Waals surface area contributed by atoms with Gasteiger partial charge in [-0.1, -0.05) is 24.6 Å². The number of halogens is 1. The van der Waals surface area contributed by atoms with Gasteiger partial charge in [-0.05, 0) is 65.2 Å². The molecular weight excluding hydrogens is 356 g/mol. The average Bonchev–Trinajstić information content (AvgIpc) is 2.54. The first kappa shape index (κ1) is 17.2. The fourth-order valence-electron chi connectivity index (χ4n) is 1.86. The van der Waals surface area contributed by atoms with E-state index in [9.17, 15) is 4.79 Å². The highest BCUT2D eigenvalue weighted by Crippen LogP contribution is 2.25. The van der Waals surface area contributed by atoms with Crippen molar-refractivity contribution in [2.75, 3.05) is 6.61 Å². The largest absolute Gasteiger partial charge is 0.492 e. The minimum absolute atomic E-state index is 0.233. The molecule has 1 N–H and O–H groups in total. The van der Waals surface area contributed by atoms with Gasteiger partial charge < -0.3 is 4.74 Å². The molecule has 5 heteroatoms. The number of carbonyl (C=O) groups excluding carboxylic acids is 1. The Morgan fingerprint density at radius 3 is 2.65 bits per heavy atom. The third kappa shape index (κ3) is 5.21. The van der Waals surface area contributed by atoms with Gasteiger partial charge in [-0.3, -0.25) is 4.79 Å². The molecular formula is C18H19BrN2O2. The second-order valence-corrected chi connectivity index (χ2v) is 5.96. The summed E-state index contributed by atoms with van der Waals surface area (Å²) >= 11 is 3.47. The Labute approximate surface area is 144 Å². The fourth-order valence-corrected chi connectivity index (χ4v) is 2.37. The van der Waals surface area contributed by atoms with E-state index < -0.39 is 0 Å². The Hall–Kier alpha value is -2.14. The molecule has 0 unspecified atom stereocenters. The normalized spacial score (nSPS) is 10.7. The van der Waals surface area contributed by atoms with Gasteiger partial charge in [-0.15, -0.1) is 0 Å². The predicted octanol–water partition coefficient (Wildman–Crippen LogP) is 4.31. The highest BCUT2D eigenvalue weighted by molar-refractivity contribution is 9.10. The van der Waals surface area contributed by atoms with E-state index in [2.05, 4.69) is 33.4 Å². The van der Waals surface area contributed by atoms with Crippen LogP contribution in [0.5, 0.6) is 5.75 Å². The molecule has 0 atom stereocenters. The summed E-state index contributed by atoms with van der Waals surface area (Å²) < 4.78 is 6.45. The number of hydrogen-bond donors (Lipinski definition) is 1. The minimum Gasteiger partial charge on any atom is -0.492 e. The number of nitrogens with one attached hydrogen (secondary N) is 1. The van der Waals surface area contributed by atoms with Gasteiger partial charge in [0.15, 0.2) is 0 Å². The molecule has 0 bridgehead atoms. The third-order valence-electron chi connectivity index (χ3n) is 3.11. The van der Waals surface area contributed by atoms with E-state index in [1.807, 2.05) is 37.3 Å². The maximum Gasteiger partial charge on any atom is 0.271 e. The second-order valence-electron chi connectivity index (χ2n) is 5.10. The van der Waals surface area contributed by atoms with Crippen molar-refractivity contribution in [1.29, 1.82) is 0 Å². The molecule has 2 aromatic carbocycles. The van der Waals surface area contributed by atoms with Crippen LogP contribution >= 0.6 is 15.9 Å². The molecule has 0 aliphatic heterocycles. The van der Waals surface area contributed by atoms with E-state index in [1.165, 1.54) is 0 Å². The summed E-state index contributed by atoms with van der Waals surface area (Å²) in [4.78, 5) is 11.9. The summed E-state index contributed by atoms with van der Waals surface area (Å²) in [5, 5.41) is 3.99. The zero-order valence-electron chi connectivity index (χ0n) is 13.2. The van der Waals surface area contributed by atoms with Crippen molar-refractivity contribution in [2.24, 2.45) is 5.10 Å². The van der Waals surface area contributed by atoms with Gasteiger partial charge >= 0.3 is 0 Å². The third-order valence-corrected chi connectivity index (χ3v) is 3.73. The van der Waals surface area contributed by atoms with E-state index in [1.54, 1.807) is 18.3 Å². The Kier molecular flexibility index (Phi) is 6.35. The molecule has 1 amide bonds. The highest BCUT2D eigenvalue weighted by Gasteiger charge is 2.04. The minimum atomic E-state index is -0.233. The molecule has 0 fully saturated rings. The van der Waals surface area contributed by atoms with Crippen molar-refractivity contribution in [3.8, 4) is 5.75 Å². The lowest BCUT2D eigenvalue weighted by Crippen LogP contribution is -2.17. The first-order valence-electron chi connectivity index (χ1n) is 7.42. The van der Waals surface area contributed by atoms with Crippen LogP contribution in [0.2, 0.25) is 0 Å². The van der Waals surface area contributed by atoms with Gasteiger partial charge in [0.25, 0.3) is 5.91 Å². The molecule has 0 aliphatic rings. The number of hydrogen-bond acceptors (Lipinski definition) is 3. The zero-order chi connectivity index (χ0) is 16.7. The molecule has 2 rings (SSSR count). The summed E-state index contributed by atoms with van der Waals surface area (Å²) in [6.45, 7) is 4.72. The van der Waals surface area contributed by atoms with Crippen LogP contribution in [0.4, 0.5) is 0 Å². The second kappa shape index (κ2) is 8.48. The van der Waals surface area contributed by atoms with Crippen LogP contribution in [0.15, 0.2) is 52.0 Å². The molecule has 2 aromatic rings. The molecule has 0 saturated heterocycles. The molecule has 0 spiro atoms. The Morgan fingerprint density at radius 2 is 2.00 bits per heavy atom. The molecule has 120 valence electrons. The number of rotatable bonds is 6. The van der Waals surface area contributed by atoms with Crippen LogP contribution < -0.4 is 10.2 Å². The van der Waals surface area contributed by atoms with E-state index in [0.29, 0.717) is 12.2 Å². The number of carbonyl (C=O) groups is 1. The number of amides is 1. The van der Waals surface area contributed by atoms with Crippen LogP contribution in [0.25, 0.3) is 0 Å². The number of nitrogens with zero attached hydrogens (tertiary/aromatic N) is 1. The molecule has 0 heterocycles. The quantitative estimate of drug-likeness (QED) is 0.604. The van der Waals surface area contributed by atoms with E-state index in [4.69, 9.17) is 4.74 Å². The lowest BCUT2D eigenvalue weighted by atomic mass is 10.1. The molecule has 23 heavy (non-hydrogen) atoms. The predicted molar refractivity (Wildman–Crippen MR) is 96.2 cm³/mol. The maximum atomic E-state index is 11.9.